The van der Waals surface area contributed by atoms with E-state index >= 15 is 0 Å². The van der Waals surface area contributed by atoms with E-state index in [0.717, 1.165) is 31.6 Å². The molecule has 0 spiro atoms. The first kappa shape index (κ1) is 17.8. The summed E-state index contributed by atoms with van der Waals surface area (Å²) in [5.74, 6) is -0.214. The Labute approximate surface area is 138 Å². The third-order valence-corrected chi connectivity index (χ3v) is 4.10. The zero-order valence-corrected chi connectivity index (χ0v) is 13.5. The molecule has 1 aromatic rings. The van der Waals surface area contributed by atoms with Crippen LogP contribution in [0.5, 0.6) is 0 Å². The molecule has 0 aliphatic carbocycles. The van der Waals surface area contributed by atoms with Crippen molar-refractivity contribution >= 4 is 23.6 Å². The number of likely N-dealkylation sites (N-methyl/N-ethyl adjacent to an activating group) is 1. The smallest absolute Gasteiger partial charge is 0.338 e. The van der Waals surface area contributed by atoms with Crippen LogP contribution in [0.1, 0.15) is 17.5 Å². The van der Waals surface area contributed by atoms with Crippen LogP contribution >= 0.6 is 11.6 Å². The minimum atomic E-state index is -4.44. The molecular weight excluding hydrogens is 329 g/mol. The van der Waals surface area contributed by atoms with Crippen LogP contribution in [0.15, 0.2) is 24.3 Å². The molecule has 1 fully saturated rings. The first-order chi connectivity index (χ1) is 10.8. The standard InChI is InChI=1S/C16H18ClF3N2O/c1-21-7-2-8-22(10-9-21)15(23)6-3-12-11-13(16(18,19)20)4-5-14(12)17/h3-6,11H,2,7-10H2,1H3/b6-3+. The third-order valence-electron chi connectivity index (χ3n) is 3.76. The molecule has 7 heteroatoms. The van der Waals surface area contributed by atoms with E-state index in [1.807, 2.05) is 7.05 Å². The highest BCUT2D eigenvalue weighted by Crippen LogP contribution is 2.32. The predicted molar refractivity (Wildman–Crippen MR) is 84.2 cm³/mol. The minimum Gasteiger partial charge on any atom is -0.338 e. The summed E-state index contributed by atoms with van der Waals surface area (Å²) in [4.78, 5) is 16.0. The molecule has 0 atom stereocenters. The summed E-state index contributed by atoms with van der Waals surface area (Å²) < 4.78 is 38.2. The van der Waals surface area contributed by atoms with Crippen molar-refractivity contribution in [3.05, 3.63) is 40.4 Å². The van der Waals surface area contributed by atoms with Gasteiger partial charge < -0.3 is 9.80 Å². The summed E-state index contributed by atoms with van der Waals surface area (Å²) in [5, 5.41) is 0.178. The largest absolute Gasteiger partial charge is 0.416 e. The van der Waals surface area contributed by atoms with Gasteiger partial charge in [0, 0.05) is 30.7 Å². The molecule has 126 valence electrons. The first-order valence-corrected chi connectivity index (χ1v) is 7.67. The molecule has 23 heavy (non-hydrogen) atoms. The fourth-order valence-electron chi connectivity index (χ4n) is 2.38. The van der Waals surface area contributed by atoms with Crippen LogP contribution in [-0.4, -0.2) is 48.9 Å². The van der Waals surface area contributed by atoms with Crippen molar-refractivity contribution in [2.45, 2.75) is 12.6 Å². The lowest BCUT2D eigenvalue weighted by Gasteiger charge is -2.18. The third kappa shape index (κ3) is 4.97. The van der Waals surface area contributed by atoms with Crippen molar-refractivity contribution in [1.82, 2.24) is 9.80 Å². The van der Waals surface area contributed by atoms with Gasteiger partial charge in [0.05, 0.1) is 5.56 Å². The molecule has 1 amide bonds. The second-order valence-corrected chi connectivity index (χ2v) is 5.96. The maximum atomic E-state index is 12.7. The average Bonchev–Trinajstić information content (AvgIpc) is 2.69. The highest BCUT2D eigenvalue weighted by atomic mass is 35.5. The zero-order chi connectivity index (χ0) is 17.0. The quantitative estimate of drug-likeness (QED) is 0.765. The zero-order valence-electron chi connectivity index (χ0n) is 12.7. The lowest BCUT2D eigenvalue weighted by Crippen LogP contribution is -2.33. The molecule has 0 N–H and O–H groups in total. The maximum absolute atomic E-state index is 12.7. The second-order valence-electron chi connectivity index (χ2n) is 5.55. The summed E-state index contributed by atoms with van der Waals surface area (Å²) in [5.41, 5.74) is -0.604. The van der Waals surface area contributed by atoms with E-state index in [0.29, 0.717) is 13.1 Å². The summed E-state index contributed by atoms with van der Waals surface area (Å²) in [6.45, 7) is 2.96. The number of benzene rings is 1. The molecule has 2 rings (SSSR count). The van der Waals surface area contributed by atoms with Crippen molar-refractivity contribution in [2.75, 3.05) is 33.2 Å². The van der Waals surface area contributed by atoms with Gasteiger partial charge in [0.2, 0.25) is 5.91 Å². The van der Waals surface area contributed by atoms with E-state index in [1.165, 1.54) is 18.2 Å². The summed E-state index contributed by atoms with van der Waals surface area (Å²) >= 11 is 5.91. The van der Waals surface area contributed by atoms with Gasteiger partial charge in [0.1, 0.15) is 0 Å². The lowest BCUT2D eigenvalue weighted by molar-refractivity contribution is -0.137. The van der Waals surface area contributed by atoms with Gasteiger partial charge in [0.25, 0.3) is 0 Å². The first-order valence-electron chi connectivity index (χ1n) is 7.29. The summed E-state index contributed by atoms with van der Waals surface area (Å²) in [6.07, 6.45) is -0.936. The molecule has 0 bridgehead atoms. The minimum absolute atomic E-state index is 0.178. The molecule has 0 radical (unpaired) electrons. The molecule has 1 aliphatic rings. The Morgan fingerprint density at radius 2 is 1.96 bits per heavy atom. The highest BCUT2D eigenvalue weighted by molar-refractivity contribution is 6.32. The molecule has 0 unspecified atom stereocenters. The number of hydrogen-bond acceptors (Lipinski definition) is 2. The van der Waals surface area contributed by atoms with Gasteiger partial charge in [-0.05, 0) is 49.9 Å². The van der Waals surface area contributed by atoms with Crippen LogP contribution in [-0.2, 0) is 11.0 Å². The van der Waals surface area contributed by atoms with Crippen molar-refractivity contribution in [3.8, 4) is 0 Å². The topological polar surface area (TPSA) is 23.6 Å². The molecule has 3 nitrogen and oxygen atoms in total. The van der Waals surface area contributed by atoms with Crippen LogP contribution in [0.2, 0.25) is 5.02 Å². The van der Waals surface area contributed by atoms with Crippen LogP contribution < -0.4 is 0 Å². The van der Waals surface area contributed by atoms with E-state index in [9.17, 15) is 18.0 Å². The van der Waals surface area contributed by atoms with Crippen molar-refractivity contribution < 1.29 is 18.0 Å². The van der Waals surface area contributed by atoms with Gasteiger partial charge in [0.15, 0.2) is 0 Å². The van der Waals surface area contributed by atoms with Gasteiger partial charge in [-0.3, -0.25) is 4.79 Å². The number of alkyl halides is 3. The number of rotatable bonds is 2. The average molecular weight is 347 g/mol. The second kappa shape index (κ2) is 7.36. The fourth-order valence-corrected chi connectivity index (χ4v) is 2.56. The van der Waals surface area contributed by atoms with E-state index in [-0.39, 0.29) is 16.5 Å². The summed E-state index contributed by atoms with van der Waals surface area (Å²) in [6, 6.07) is 3.06. The Morgan fingerprint density at radius 3 is 2.65 bits per heavy atom. The van der Waals surface area contributed by atoms with E-state index in [4.69, 9.17) is 11.6 Å². The SMILES string of the molecule is CN1CCCN(C(=O)/C=C/c2cc(C(F)(F)F)ccc2Cl)CC1. The van der Waals surface area contributed by atoms with Gasteiger partial charge in [-0.1, -0.05) is 11.6 Å². The van der Waals surface area contributed by atoms with Gasteiger partial charge >= 0.3 is 6.18 Å². The molecular formula is C16H18ClF3N2O. The molecule has 1 heterocycles. The van der Waals surface area contributed by atoms with Crippen LogP contribution in [0.3, 0.4) is 0 Å². The van der Waals surface area contributed by atoms with E-state index < -0.39 is 11.7 Å². The molecule has 1 saturated heterocycles. The number of halogens is 4. The number of amides is 1. The summed E-state index contributed by atoms with van der Waals surface area (Å²) in [7, 11) is 1.99. The van der Waals surface area contributed by atoms with Crippen molar-refractivity contribution in [2.24, 2.45) is 0 Å². The Hall–Kier alpha value is -1.53. The predicted octanol–water partition coefficient (Wildman–Crippen LogP) is 3.54. The van der Waals surface area contributed by atoms with E-state index in [2.05, 4.69) is 4.90 Å². The van der Waals surface area contributed by atoms with E-state index in [1.54, 1.807) is 4.90 Å². The Morgan fingerprint density at radius 1 is 1.22 bits per heavy atom. The number of nitrogens with zero attached hydrogens (tertiary/aromatic N) is 2. The molecule has 1 aliphatic heterocycles. The Balaban J connectivity index is 2.11. The monoisotopic (exact) mass is 346 g/mol. The molecule has 1 aromatic carbocycles. The van der Waals surface area contributed by atoms with Crippen molar-refractivity contribution in [3.63, 3.8) is 0 Å². The highest BCUT2D eigenvalue weighted by Gasteiger charge is 2.30. The molecule has 0 aromatic heterocycles. The Bertz CT molecular complexity index is 601. The van der Waals surface area contributed by atoms with Crippen LogP contribution in [0.25, 0.3) is 6.08 Å². The lowest BCUT2D eigenvalue weighted by atomic mass is 10.1. The number of hydrogen-bond donors (Lipinski definition) is 0. The van der Waals surface area contributed by atoms with Crippen LogP contribution in [0.4, 0.5) is 13.2 Å². The Kier molecular flexibility index (Phi) is 5.70. The van der Waals surface area contributed by atoms with Gasteiger partial charge in [-0.15, -0.1) is 0 Å². The normalized spacial score (nSPS) is 17.5. The van der Waals surface area contributed by atoms with Crippen molar-refractivity contribution in [1.29, 1.82) is 0 Å². The number of carbonyl (C=O) groups excluding carboxylic acids is 1. The maximum Gasteiger partial charge on any atom is 0.416 e. The van der Waals surface area contributed by atoms with Gasteiger partial charge in [-0.2, -0.15) is 13.2 Å². The van der Waals surface area contributed by atoms with Crippen LogP contribution in [0, 0.1) is 0 Å². The number of carbonyl (C=O) groups is 1. The fraction of sp³-hybridized carbons (Fsp3) is 0.438. The molecule has 0 saturated carbocycles. The van der Waals surface area contributed by atoms with Gasteiger partial charge in [-0.25, -0.2) is 0 Å².